The van der Waals surface area contributed by atoms with Crippen molar-refractivity contribution in [1.29, 1.82) is 0 Å². The topological polar surface area (TPSA) is 67.9 Å². The van der Waals surface area contributed by atoms with Crippen LogP contribution in [0.4, 0.5) is 5.69 Å². The summed E-state index contributed by atoms with van der Waals surface area (Å²) in [5.41, 5.74) is 6.12. The molecule has 1 N–H and O–H groups in total. The van der Waals surface area contributed by atoms with E-state index in [1.54, 1.807) is 24.4 Å². The minimum Gasteiger partial charge on any atom is -0.504 e. The Labute approximate surface area is 163 Å². The summed E-state index contributed by atoms with van der Waals surface area (Å²) in [6.45, 7) is 4.12. The largest absolute Gasteiger partial charge is 0.504 e. The smallest absolute Gasteiger partial charge is 0.227 e. The van der Waals surface area contributed by atoms with Crippen molar-refractivity contribution >= 4 is 23.0 Å². The number of aromatic hydroxyl groups is 1. The summed E-state index contributed by atoms with van der Waals surface area (Å²) in [5, 5.41) is 10.2. The maximum Gasteiger partial charge on any atom is 0.227 e. The number of fused-ring (bicyclic) bond motifs is 1. The van der Waals surface area contributed by atoms with Gasteiger partial charge in [0.05, 0.1) is 12.8 Å². The van der Waals surface area contributed by atoms with E-state index in [1.807, 2.05) is 36.4 Å². The molecule has 0 atom stereocenters. The molecule has 5 heteroatoms. The van der Waals surface area contributed by atoms with Gasteiger partial charge in [-0.05, 0) is 67.4 Å². The van der Waals surface area contributed by atoms with Crippen LogP contribution in [0.15, 0.2) is 64.0 Å². The SMILES string of the molecule is COc1cccc(C=Nc2cccc(-c3nc4cc(C)c(C)cc4o3)c2)c1O. The van der Waals surface area contributed by atoms with Crippen molar-refractivity contribution in [2.75, 3.05) is 7.11 Å². The summed E-state index contributed by atoms with van der Waals surface area (Å²) < 4.78 is 11.1. The first kappa shape index (κ1) is 17.8. The standard InChI is InChI=1S/C23H20N2O3/c1-14-10-19-21(11-15(14)2)28-23(25-19)16-6-4-8-18(12-16)24-13-17-7-5-9-20(27-3)22(17)26/h4-13,26H,1-3H3. The fourth-order valence-corrected chi connectivity index (χ4v) is 2.97. The number of ether oxygens (including phenoxy) is 1. The molecule has 0 saturated heterocycles. The van der Waals surface area contributed by atoms with E-state index in [0.717, 1.165) is 22.4 Å². The molecule has 0 unspecified atom stereocenters. The number of aromatic nitrogens is 1. The maximum atomic E-state index is 10.2. The fraction of sp³-hybridized carbons (Fsp3) is 0.130. The number of hydrogen-bond acceptors (Lipinski definition) is 5. The molecule has 0 bridgehead atoms. The number of methoxy groups -OCH3 is 1. The van der Waals surface area contributed by atoms with Crippen LogP contribution >= 0.6 is 0 Å². The van der Waals surface area contributed by atoms with E-state index in [9.17, 15) is 5.11 Å². The van der Waals surface area contributed by atoms with Crippen LogP contribution in [-0.2, 0) is 0 Å². The third-order valence-corrected chi connectivity index (χ3v) is 4.70. The number of phenolic OH excluding ortho intramolecular Hbond substituents is 1. The Hall–Kier alpha value is -3.60. The Morgan fingerprint density at radius 1 is 1.04 bits per heavy atom. The lowest BCUT2D eigenvalue weighted by Gasteiger charge is -2.05. The summed E-state index contributed by atoms with van der Waals surface area (Å²) in [6.07, 6.45) is 1.61. The number of para-hydroxylation sites is 1. The Morgan fingerprint density at radius 3 is 2.64 bits per heavy atom. The van der Waals surface area contributed by atoms with Crippen molar-refractivity contribution in [2.45, 2.75) is 13.8 Å². The molecule has 0 spiro atoms. The molecular formula is C23H20N2O3. The van der Waals surface area contributed by atoms with Gasteiger partial charge in [0.1, 0.15) is 5.52 Å². The normalized spacial score (nSPS) is 11.4. The number of nitrogens with zero attached hydrogens (tertiary/aromatic N) is 2. The van der Waals surface area contributed by atoms with Gasteiger partial charge < -0.3 is 14.3 Å². The van der Waals surface area contributed by atoms with Crippen molar-refractivity contribution in [1.82, 2.24) is 4.98 Å². The molecule has 140 valence electrons. The van der Waals surface area contributed by atoms with Crippen LogP contribution in [0.2, 0.25) is 0 Å². The van der Waals surface area contributed by atoms with E-state index in [-0.39, 0.29) is 5.75 Å². The van der Waals surface area contributed by atoms with E-state index in [0.29, 0.717) is 17.2 Å². The summed E-state index contributed by atoms with van der Waals surface area (Å²) in [7, 11) is 1.52. The first-order chi connectivity index (χ1) is 13.5. The average molecular weight is 372 g/mol. The van der Waals surface area contributed by atoms with Gasteiger partial charge in [0, 0.05) is 17.3 Å². The molecule has 0 saturated carbocycles. The zero-order valence-corrected chi connectivity index (χ0v) is 15.9. The Morgan fingerprint density at radius 2 is 1.82 bits per heavy atom. The third-order valence-electron chi connectivity index (χ3n) is 4.70. The van der Waals surface area contributed by atoms with Gasteiger partial charge >= 0.3 is 0 Å². The summed E-state index contributed by atoms with van der Waals surface area (Å²) >= 11 is 0. The van der Waals surface area contributed by atoms with Gasteiger partial charge in [-0.2, -0.15) is 0 Å². The molecular weight excluding hydrogens is 352 g/mol. The molecule has 0 aliphatic carbocycles. The number of oxazole rings is 1. The van der Waals surface area contributed by atoms with Crippen molar-refractivity contribution in [3.05, 3.63) is 71.3 Å². The molecule has 5 nitrogen and oxygen atoms in total. The van der Waals surface area contributed by atoms with E-state index < -0.39 is 0 Å². The van der Waals surface area contributed by atoms with Gasteiger partial charge in [-0.3, -0.25) is 4.99 Å². The summed E-state index contributed by atoms with van der Waals surface area (Å²) in [6, 6.07) is 16.9. The number of hydrogen-bond donors (Lipinski definition) is 1. The zero-order valence-electron chi connectivity index (χ0n) is 15.9. The van der Waals surface area contributed by atoms with Crippen molar-refractivity contribution < 1.29 is 14.3 Å². The predicted molar refractivity (Wildman–Crippen MR) is 111 cm³/mol. The van der Waals surface area contributed by atoms with E-state index >= 15 is 0 Å². The lowest BCUT2D eigenvalue weighted by molar-refractivity contribution is 0.373. The molecule has 1 aromatic heterocycles. The molecule has 4 rings (SSSR count). The number of benzene rings is 3. The monoisotopic (exact) mass is 372 g/mol. The second-order valence-corrected chi connectivity index (χ2v) is 6.63. The third kappa shape index (κ3) is 3.34. The van der Waals surface area contributed by atoms with Crippen LogP contribution in [0.25, 0.3) is 22.6 Å². The van der Waals surface area contributed by atoms with E-state index in [4.69, 9.17) is 9.15 Å². The van der Waals surface area contributed by atoms with Crippen LogP contribution in [0.1, 0.15) is 16.7 Å². The quantitative estimate of drug-likeness (QED) is 0.475. The minimum atomic E-state index is 0.0644. The molecule has 0 aliphatic rings. The molecule has 1 heterocycles. The number of aryl methyl sites for hydroxylation is 2. The lowest BCUT2D eigenvalue weighted by Crippen LogP contribution is -1.88. The summed E-state index contributed by atoms with van der Waals surface area (Å²) in [5.74, 6) is 1.03. The molecule has 0 amide bonds. The Kier molecular flexibility index (Phi) is 4.57. The molecule has 0 fully saturated rings. The molecule has 3 aromatic carbocycles. The van der Waals surface area contributed by atoms with Gasteiger partial charge in [-0.25, -0.2) is 4.98 Å². The molecule has 0 aliphatic heterocycles. The van der Waals surface area contributed by atoms with E-state index in [1.165, 1.54) is 18.2 Å². The predicted octanol–water partition coefficient (Wildman–Crippen LogP) is 5.58. The summed E-state index contributed by atoms with van der Waals surface area (Å²) in [4.78, 5) is 9.08. The highest BCUT2D eigenvalue weighted by atomic mass is 16.5. The molecule has 4 aromatic rings. The fourth-order valence-electron chi connectivity index (χ4n) is 2.97. The maximum absolute atomic E-state index is 10.2. The Bertz CT molecular complexity index is 1150. The van der Waals surface area contributed by atoms with Gasteiger partial charge in [0.25, 0.3) is 0 Å². The number of phenols is 1. The van der Waals surface area contributed by atoms with Gasteiger partial charge in [-0.1, -0.05) is 12.1 Å². The minimum absolute atomic E-state index is 0.0644. The molecule has 0 radical (unpaired) electrons. The molecule has 28 heavy (non-hydrogen) atoms. The first-order valence-electron chi connectivity index (χ1n) is 8.93. The van der Waals surface area contributed by atoms with Crippen LogP contribution in [0.3, 0.4) is 0 Å². The highest BCUT2D eigenvalue weighted by Gasteiger charge is 2.10. The van der Waals surface area contributed by atoms with E-state index in [2.05, 4.69) is 23.8 Å². The highest BCUT2D eigenvalue weighted by Crippen LogP contribution is 2.30. The van der Waals surface area contributed by atoms with Gasteiger partial charge in [0.15, 0.2) is 17.1 Å². The second kappa shape index (κ2) is 7.19. The van der Waals surface area contributed by atoms with Gasteiger partial charge in [0.2, 0.25) is 5.89 Å². The number of rotatable bonds is 4. The lowest BCUT2D eigenvalue weighted by atomic mass is 10.1. The average Bonchev–Trinajstić information content (AvgIpc) is 3.10. The van der Waals surface area contributed by atoms with Crippen molar-refractivity contribution in [3.63, 3.8) is 0 Å². The first-order valence-corrected chi connectivity index (χ1v) is 8.93. The van der Waals surface area contributed by atoms with Crippen molar-refractivity contribution in [3.8, 4) is 23.0 Å². The number of aliphatic imine (C=N–C) groups is 1. The Balaban J connectivity index is 1.67. The van der Waals surface area contributed by atoms with Crippen LogP contribution < -0.4 is 4.74 Å². The van der Waals surface area contributed by atoms with Crippen LogP contribution in [0, 0.1) is 13.8 Å². The zero-order chi connectivity index (χ0) is 19.7. The second-order valence-electron chi connectivity index (χ2n) is 6.63. The van der Waals surface area contributed by atoms with Crippen LogP contribution in [-0.4, -0.2) is 23.4 Å². The van der Waals surface area contributed by atoms with Crippen molar-refractivity contribution in [2.24, 2.45) is 4.99 Å². The van der Waals surface area contributed by atoms with Crippen LogP contribution in [0.5, 0.6) is 11.5 Å². The van der Waals surface area contributed by atoms with Gasteiger partial charge in [-0.15, -0.1) is 0 Å². The highest BCUT2D eigenvalue weighted by molar-refractivity contribution is 5.87.